The van der Waals surface area contributed by atoms with Gasteiger partial charge in [0.15, 0.2) is 0 Å². The summed E-state index contributed by atoms with van der Waals surface area (Å²) in [4.78, 5) is 0. The SMILES string of the molecule is CCCC(C)(CC)Cc1cc(N)cc(CC(C)CC)c1. The van der Waals surface area contributed by atoms with Gasteiger partial charge in [0, 0.05) is 5.69 Å². The van der Waals surface area contributed by atoms with Crippen LogP contribution in [0.5, 0.6) is 0 Å². The summed E-state index contributed by atoms with van der Waals surface area (Å²) in [6, 6.07) is 6.70. The van der Waals surface area contributed by atoms with Crippen LogP contribution in [-0.2, 0) is 12.8 Å². The average Bonchev–Trinajstić information content (AvgIpc) is 2.38. The fraction of sp³-hybridized carbons (Fsp3) is 0.684. The number of nitrogens with two attached hydrogens (primary N) is 1. The van der Waals surface area contributed by atoms with E-state index in [2.05, 4.69) is 52.8 Å². The van der Waals surface area contributed by atoms with Gasteiger partial charge in [0.25, 0.3) is 0 Å². The molecular weight excluding hydrogens is 242 g/mol. The van der Waals surface area contributed by atoms with Gasteiger partial charge in [0.1, 0.15) is 0 Å². The first-order valence-electron chi connectivity index (χ1n) is 8.30. The molecule has 0 fully saturated rings. The Morgan fingerprint density at radius 2 is 1.75 bits per heavy atom. The summed E-state index contributed by atoms with van der Waals surface area (Å²) in [7, 11) is 0. The van der Waals surface area contributed by atoms with E-state index in [1.165, 1.54) is 36.8 Å². The maximum atomic E-state index is 6.11. The Balaban J connectivity index is 2.89. The van der Waals surface area contributed by atoms with Crippen LogP contribution in [0.3, 0.4) is 0 Å². The predicted octanol–water partition coefficient (Wildman–Crippen LogP) is 5.62. The maximum Gasteiger partial charge on any atom is 0.0319 e. The Morgan fingerprint density at radius 1 is 1.10 bits per heavy atom. The van der Waals surface area contributed by atoms with Crippen molar-refractivity contribution in [3.63, 3.8) is 0 Å². The van der Waals surface area contributed by atoms with Crippen molar-refractivity contribution in [2.45, 2.75) is 73.1 Å². The Morgan fingerprint density at radius 3 is 2.30 bits per heavy atom. The number of anilines is 1. The molecule has 0 aromatic heterocycles. The standard InChI is InChI=1S/C19H33N/c1-6-9-19(5,8-3)14-17-11-16(10-15(4)7-2)12-18(20)13-17/h11-13,15H,6-10,14,20H2,1-5H3. The van der Waals surface area contributed by atoms with E-state index < -0.39 is 0 Å². The first kappa shape index (κ1) is 17.1. The smallest absolute Gasteiger partial charge is 0.0319 e. The molecule has 0 heterocycles. The fourth-order valence-corrected chi connectivity index (χ4v) is 3.04. The molecule has 2 unspecified atom stereocenters. The number of nitrogen functional groups attached to an aromatic ring is 1. The minimum absolute atomic E-state index is 0.413. The van der Waals surface area contributed by atoms with Crippen LogP contribution < -0.4 is 5.73 Å². The molecule has 1 aromatic rings. The second kappa shape index (κ2) is 7.71. The first-order valence-corrected chi connectivity index (χ1v) is 8.30. The second-order valence-electron chi connectivity index (χ2n) is 6.89. The summed E-state index contributed by atoms with van der Waals surface area (Å²) in [6.07, 6.45) is 7.30. The lowest BCUT2D eigenvalue weighted by atomic mass is 9.77. The highest BCUT2D eigenvalue weighted by Crippen LogP contribution is 2.32. The van der Waals surface area contributed by atoms with Crippen molar-refractivity contribution in [3.05, 3.63) is 29.3 Å². The highest BCUT2D eigenvalue weighted by atomic mass is 14.5. The molecule has 1 heteroatoms. The molecule has 0 bridgehead atoms. The van der Waals surface area contributed by atoms with Crippen molar-refractivity contribution in [3.8, 4) is 0 Å². The Labute approximate surface area is 126 Å². The highest BCUT2D eigenvalue weighted by Gasteiger charge is 2.21. The van der Waals surface area contributed by atoms with Gasteiger partial charge in [-0.1, -0.05) is 59.9 Å². The zero-order chi connectivity index (χ0) is 15.2. The lowest BCUT2D eigenvalue weighted by Gasteiger charge is -2.28. The van der Waals surface area contributed by atoms with E-state index in [-0.39, 0.29) is 0 Å². The lowest BCUT2D eigenvalue weighted by molar-refractivity contribution is 0.279. The molecule has 0 saturated heterocycles. The number of benzene rings is 1. The summed E-state index contributed by atoms with van der Waals surface area (Å²) in [6.45, 7) is 11.6. The van der Waals surface area contributed by atoms with Crippen LogP contribution in [0, 0.1) is 11.3 Å². The molecule has 0 aliphatic carbocycles. The third kappa shape index (κ3) is 5.19. The van der Waals surface area contributed by atoms with Crippen LogP contribution >= 0.6 is 0 Å². The van der Waals surface area contributed by atoms with Gasteiger partial charge >= 0.3 is 0 Å². The Hall–Kier alpha value is -0.980. The lowest BCUT2D eigenvalue weighted by Crippen LogP contribution is -2.18. The summed E-state index contributed by atoms with van der Waals surface area (Å²) < 4.78 is 0. The molecular formula is C19H33N. The second-order valence-corrected chi connectivity index (χ2v) is 6.89. The monoisotopic (exact) mass is 275 g/mol. The van der Waals surface area contributed by atoms with Gasteiger partial charge < -0.3 is 5.73 Å². The van der Waals surface area contributed by atoms with Gasteiger partial charge in [-0.2, -0.15) is 0 Å². The van der Waals surface area contributed by atoms with Gasteiger partial charge in [-0.15, -0.1) is 0 Å². The molecule has 114 valence electrons. The molecule has 0 spiro atoms. The number of hydrogen-bond donors (Lipinski definition) is 1. The van der Waals surface area contributed by atoms with Crippen LogP contribution in [0.15, 0.2) is 18.2 Å². The topological polar surface area (TPSA) is 26.0 Å². The van der Waals surface area contributed by atoms with Crippen molar-refractivity contribution in [1.29, 1.82) is 0 Å². The Bertz CT molecular complexity index is 410. The van der Waals surface area contributed by atoms with Crippen LogP contribution in [0.25, 0.3) is 0 Å². The quantitative estimate of drug-likeness (QED) is 0.612. The summed E-state index contributed by atoms with van der Waals surface area (Å²) >= 11 is 0. The first-order chi connectivity index (χ1) is 9.42. The van der Waals surface area contributed by atoms with Crippen molar-refractivity contribution in [2.75, 3.05) is 5.73 Å². The van der Waals surface area contributed by atoms with E-state index in [0.717, 1.165) is 24.4 Å². The van der Waals surface area contributed by atoms with E-state index in [4.69, 9.17) is 5.73 Å². The normalized spacial score (nSPS) is 15.8. The van der Waals surface area contributed by atoms with Crippen molar-refractivity contribution in [1.82, 2.24) is 0 Å². The van der Waals surface area contributed by atoms with Crippen molar-refractivity contribution >= 4 is 5.69 Å². The molecule has 2 atom stereocenters. The predicted molar refractivity (Wildman–Crippen MR) is 91.0 cm³/mol. The number of rotatable bonds is 8. The van der Waals surface area contributed by atoms with Crippen LogP contribution in [0.1, 0.15) is 71.4 Å². The molecule has 1 rings (SSSR count). The molecule has 0 amide bonds. The minimum atomic E-state index is 0.413. The van der Waals surface area contributed by atoms with E-state index >= 15 is 0 Å². The number of hydrogen-bond acceptors (Lipinski definition) is 1. The molecule has 0 aliphatic heterocycles. The van der Waals surface area contributed by atoms with E-state index in [1.54, 1.807) is 0 Å². The van der Waals surface area contributed by atoms with Crippen LogP contribution in [0.2, 0.25) is 0 Å². The molecule has 0 radical (unpaired) electrons. The fourth-order valence-electron chi connectivity index (χ4n) is 3.04. The van der Waals surface area contributed by atoms with Gasteiger partial charge in [0.05, 0.1) is 0 Å². The maximum absolute atomic E-state index is 6.11. The van der Waals surface area contributed by atoms with Crippen molar-refractivity contribution < 1.29 is 0 Å². The third-order valence-electron chi connectivity index (χ3n) is 4.69. The molecule has 1 nitrogen and oxygen atoms in total. The third-order valence-corrected chi connectivity index (χ3v) is 4.69. The minimum Gasteiger partial charge on any atom is -0.399 e. The summed E-state index contributed by atoms with van der Waals surface area (Å²) in [5.41, 5.74) is 10.3. The van der Waals surface area contributed by atoms with Crippen LogP contribution in [0.4, 0.5) is 5.69 Å². The zero-order valence-electron chi connectivity index (χ0n) is 14.1. The van der Waals surface area contributed by atoms with Gasteiger partial charge in [0.2, 0.25) is 0 Å². The Kier molecular flexibility index (Phi) is 6.58. The summed E-state index contributed by atoms with van der Waals surface area (Å²) in [5, 5.41) is 0. The van der Waals surface area contributed by atoms with Crippen molar-refractivity contribution in [2.24, 2.45) is 11.3 Å². The molecule has 20 heavy (non-hydrogen) atoms. The van der Waals surface area contributed by atoms with Crippen LogP contribution in [-0.4, -0.2) is 0 Å². The largest absolute Gasteiger partial charge is 0.399 e. The van der Waals surface area contributed by atoms with E-state index in [9.17, 15) is 0 Å². The molecule has 1 aromatic carbocycles. The molecule has 0 aliphatic rings. The van der Waals surface area contributed by atoms with E-state index in [0.29, 0.717) is 5.41 Å². The summed E-state index contributed by atoms with van der Waals surface area (Å²) in [5.74, 6) is 0.734. The zero-order valence-corrected chi connectivity index (χ0v) is 14.1. The van der Waals surface area contributed by atoms with E-state index in [1.807, 2.05) is 0 Å². The highest BCUT2D eigenvalue weighted by molar-refractivity contribution is 5.45. The van der Waals surface area contributed by atoms with Gasteiger partial charge in [-0.05, 0) is 53.9 Å². The molecule has 0 saturated carbocycles. The average molecular weight is 275 g/mol. The molecule has 2 N–H and O–H groups in total. The van der Waals surface area contributed by atoms with Gasteiger partial charge in [-0.3, -0.25) is 0 Å². The van der Waals surface area contributed by atoms with Gasteiger partial charge in [-0.25, -0.2) is 0 Å².